The van der Waals surface area contributed by atoms with Gasteiger partial charge in [0, 0.05) is 18.6 Å². The van der Waals surface area contributed by atoms with Gasteiger partial charge in [0.1, 0.15) is 6.04 Å². The summed E-state index contributed by atoms with van der Waals surface area (Å²) in [6.07, 6.45) is -1.57. The van der Waals surface area contributed by atoms with E-state index in [1.807, 2.05) is 0 Å². The monoisotopic (exact) mass is 254 g/mol. The molecule has 17 heavy (non-hydrogen) atoms. The highest BCUT2D eigenvalue weighted by Gasteiger charge is 2.49. The van der Waals surface area contributed by atoms with Crippen LogP contribution >= 0.6 is 0 Å². The lowest BCUT2D eigenvalue weighted by Crippen LogP contribution is -2.60. The highest BCUT2D eigenvalue weighted by atomic mass is 19.4. The summed E-state index contributed by atoms with van der Waals surface area (Å²) in [5.74, 6) is 0. The number of nitrogens with two attached hydrogens (primary N) is 1. The Kier molecular flexibility index (Phi) is 5.22. The molecule has 0 saturated heterocycles. The molecule has 1 fully saturated rings. The van der Waals surface area contributed by atoms with Crippen LogP contribution in [0.15, 0.2) is 0 Å². The third kappa shape index (κ3) is 3.56. The zero-order chi connectivity index (χ0) is 13.1. The van der Waals surface area contributed by atoms with Gasteiger partial charge < -0.3 is 10.8 Å². The van der Waals surface area contributed by atoms with E-state index in [1.165, 1.54) is 4.90 Å². The first-order valence-electron chi connectivity index (χ1n) is 6.10. The Morgan fingerprint density at radius 1 is 1.41 bits per heavy atom. The van der Waals surface area contributed by atoms with Gasteiger partial charge in [-0.05, 0) is 19.3 Å². The predicted octanol–water partition coefficient (Wildman–Crippen LogP) is 1.50. The summed E-state index contributed by atoms with van der Waals surface area (Å²) >= 11 is 0. The van der Waals surface area contributed by atoms with Gasteiger partial charge in [0.25, 0.3) is 0 Å². The van der Waals surface area contributed by atoms with Crippen LogP contribution in [0, 0.1) is 0 Å². The molecule has 2 unspecified atom stereocenters. The van der Waals surface area contributed by atoms with E-state index in [1.54, 1.807) is 6.92 Å². The van der Waals surface area contributed by atoms with Crippen LogP contribution in [-0.2, 0) is 0 Å². The largest absolute Gasteiger partial charge is 0.405 e. The average molecular weight is 254 g/mol. The summed E-state index contributed by atoms with van der Waals surface area (Å²) in [6.45, 7) is 1.43. The Labute approximate surface area is 99.8 Å². The lowest BCUT2D eigenvalue weighted by Gasteiger charge is -2.44. The summed E-state index contributed by atoms with van der Waals surface area (Å²) in [5.41, 5.74) is 5.61. The second kappa shape index (κ2) is 6.02. The Morgan fingerprint density at radius 3 is 2.29 bits per heavy atom. The molecule has 0 aromatic carbocycles. The normalized spacial score (nSPS) is 21.4. The molecule has 1 saturated carbocycles. The van der Waals surface area contributed by atoms with Crippen molar-refractivity contribution in [2.45, 2.75) is 56.9 Å². The molecule has 1 rings (SSSR count). The fourth-order valence-electron chi connectivity index (χ4n) is 2.28. The van der Waals surface area contributed by atoms with E-state index in [9.17, 15) is 13.2 Å². The standard InChI is InChI=1S/C11H21F3N2O/c1-2-9(15)10(11(12,13)14)16(6-7-17)8-4-3-5-8/h8-10,17H,2-7,15H2,1H3. The van der Waals surface area contributed by atoms with Crippen LogP contribution < -0.4 is 5.73 Å². The van der Waals surface area contributed by atoms with Crippen LogP contribution in [0.1, 0.15) is 32.6 Å². The maximum Gasteiger partial charge on any atom is 0.405 e. The van der Waals surface area contributed by atoms with Crippen LogP contribution in [0.3, 0.4) is 0 Å². The van der Waals surface area contributed by atoms with Gasteiger partial charge in [-0.2, -0.15) is 13.2 Å². The van der Waals surface area contributed by atoms with E-state index < -0.39 is 18.3 Å². The molecule has 2 atom stereocenters. The molecule has 6 heteroatoms. The van der Waals surface area contributed by atoms with Crippen molar-refractivity contribution in [3.8, 4) is 0 Å². The second-order valence-corrected chi connectivity index (χ2v) is 4.60. The first-order chi connectivity index (χ1) is 7.91. The van der Waals surface area contributed by atoms with Crippen LogP contribution in [0.5, 0.6) is 0 Å². The van der Waals surface area contributed by atoms with E-state index in [-0.39, 0.29) is 25.6 Å². The fraction of sp³-hybridized carbons (Fsp3) is 1.00. The Morgan fingerprint density at radius 2 is 2.00 bits per heavy atom. The minimum atomic E-state index is -4.33. The minimum absolute atomic E-state index is 0.0442. The van der Waals surface area contributed by atoms with Gasteiger partial charge in [-0.3, -0.25) is 4.90 Å². The number of aliphatic hydroxyl groups excluding tert-OH is 1. The zero-order valence-corrected chi connectivity index (χ0v) is 10.1. The highest BCUT2D eigenvalue weighted by molar-refractivity contribution is 4.93. The molecule has 3 nitrogen and oxygen atoms in total. The molecular weight excluding hydrogens is 233 g/mol. The first kappa shape index (κ1) is 14.7. The number of rotatable bonds is 6. The molecule has 3 N–H and O–H groups in total. The summed E-state index contributed by atoms with van der Waals surface area (Å²) in [7, 11) is 0. The number of halogens is 3. The van der Waals surface area contributed by atoms with Gasteiger partial charge in [0.05, 0.1) is 6.61 Å². The van der Waals surface area contributed by atoms with Crippen LogP contribution in [-0.4, -0.2) is 47.5 Å². The molecule has 0 aliphatic heterocycles. The topological polar surface area (TPSA) is 49.5 Å². The lowest BCUT2D eigenvalue weighted by molar-refractivity contribution is -0.200. The van der Waals surface area contributed by atoms with Crippen molar-refractivity contribution in [1.29, 1.82) is 0 Å². The maximum absolute atomic E-state index is 13.0. The molecule has 0 amide bonds. The number of nitrogens with zero attached hydrogens (tertiary/aromatic N) is 1. The first-order valence-corrected chi connectivity index (χ1v) is 6.10. The summed E-state index contributed by atoms with van der Waals surface area (Å²) in [5, 5.41) is 8.92. The van der Waals surface area contributed by atoms with E-state index >= 15 is 0 Å². The van der Waals surface area contributed by atoms with Gasteiger partial charge in [-0.25, -0.2) is 0 Å². The molecule has 1 aliphatic rings. The van der Waals surface area contributed by atoms with E-state index in [0.29, 0.717) is 0 Å². The number of hydrogen-bond donors (Lipinski definition) is 2. The molecule has 0 aromatic heterocycles. The van der Waals surface area contributed by atoms with Crippen molar-refractivity contribution < 1.29 is 18.3 Å². The van der Waals surface area contributed by atoms with Gasteiger partial charge in [0.15, 0.2) is 0 Å². The average Bonchev–Trinajstić information content (AvgIpc) is 2.13. The minimum Gasteiger partial charge on any atom is -0.395 e. The molecule has 0 aromatic rings. The summed E-state index contributed by atoms with van der Waals surface area (Å²) in [4.78, 5) is 1.34. The summed E-state index contributed by atoms with van der Waals surface area (Å²) < 4.78 is 39.1. The van der Waals surface area contributed by atoms with Gasteiger partial charge in [-0.15, -0.1) is 0 Å². The number of hydrogen-bond acceptors (Lipinski definition) is 3. The Bertz CT molecular complexity index is 231. The van der Waals surface area contributed by atoms with Crippen molar-refractivity contribution in [2.75, 3.05) is 13.2 Å². The number of aliphatic hydroxyl groups is 1. The van der Waals surface area contributed by atoms with Crippen LogP contribution in [0.2, 0.25) is 0 Å². The van der Waals surface area contributed by atoms with E-state index in [4.69, 9.17) is 10.8 Å². The van der Waals surface area contributed by atoms with Crippen molar-refractivity contribution in [3.05, 3.63) is 0 Å². The summed E-state index contributed by atoms with van der Waals surface area (Å²) in [6, 6.07) is -2.64. The van der Waals surface area contributed by atoms with E-state index in [2.05, 4.69) is 0 Å². The highest BCUT2D eigenvalue weighted by Crippen LogP contribution is 2.34. The lowest BCUT2D eigenvalue weighted by atomic mass is 9.88. The van der Waals surface area contributed by atoms with Crippen molar-refractivity contribution in [1.82, 2.24) is 4.90 Å². The Balaban J connectivity index is 2.82. The molecule has 0 bridgehead atoms. The molecule has 1 aliphatic carbocycles. The maximum atomic E-state index is 13.0. The van der Waals surface area contributed by atoms with Crippen molar-refractivity contribution >= 4 is 0 Å². The number of alkyl halides is 3. The third-order valence-electron chi connectivity index (χ3n) is 3.47. The molecular formula is C11H21F3N2O. The van der Waals surface area contributed by atoms with Gasteiger partial charge >= 0.3 is 6.18 Å². The van der Waals surface area contributed by atoms with Crippen molar-refractivity contribution in [3.63, 3.8) is 0 Å². The molecule has 0 spiro atoms. The Hall–Kier alpha value is -0.330. The predicted molar refractivity (Wildman–Crippen MR) is 59.5 cm³/mol. The van der Waals surface area contributed by atoms with E-state index in [0.717, 1.165) is 19.3 Å². The molecule has 102 valence electrons. The SMILES string of the molecule is CCC(N)C(N(CCO)C1CCC1)C(F)(F)F. The fourth-order valence-corrected chi connectivity index (χ4v) is 2.28. The van der Waals surface area contributed by atoms with Crippen LogP contribution in [0.4, 0.5) is 13.2 Å². The van der Waals surface area contributed by atoms with Gasteiger partial charge in [-0.1, -0.05) is 13.3 Å². The second-order valence-electron chi connectivity index (χ2n) is 4.60. The van der Waals surface area contributed by atoms with Crippen molar-refractivity contribution in [2.24, 2.45) is 5.73 Å². The third-order valence-corrected chi connectivity index (χ3v) is 3.47. The quantitative estimate of drug-likeness (QED) is 0.755. The smallest absolute Gasteiger partial charge is 0.395 e. The molecule has 0 heterocycles. The zero-order valence-electron chi connectivity index (χ0n) is 10.1. The molecule has 0 radical (unpaired) electrons. The van der Waals surface area contributed by atoms with Crippen LogP contribution in [0.25, 0.3) is 0 Å². The van der Waals surface area contributed by atoms with Gasteiger partial charge in [0.2, 0.25) is 0 Å².